The molecule has 1 N–H and O–H groups in total. The van der Waals surface area contributed by atoms with Gasteiger partial charge in [-0.05, 0) is 25.2 Å². The second-order valence-corrected chi connectivity index (χ2v) is 4.51. The van der Waals surface area contributed by atoms with Crippen molar-refractivity contribution in [1.29, 1.82) is 0 Å². The zero-order chi connectivity index (χ0) is 13.8. The number of anilines is 1. The highest BCUT2D eigenvalue weighted by Gasteiger charge is 2.21. The van der Waals surface area contributed by atoms with Crippen LogP contribution in [0.3, 0.4) is 0 Å². The second kappa shape index (κ2) is 5.84. The molecule has 0 saturated heterocycles. The number of fused-ring (bicyclic) bond motifs is 1. The van der Waals surface area contributed by atoms with Crippen molar-refractivity contribution in [2.45, 2.75) is 12.8 Å². The van der Waals surface area contributed by atoms with Crippen LogP contribution in [0, 0.1) is 0 Å². The molecule has 0 saturated carbocycles. The average Bonchev–Trinajstić information content (AvgIpc) is 2.56. The Morgan fingerprint density at radius 3 is 3.00 bits per heavy atom. The molecule has 0 atom stereocenters. The summed E-state index contributed by atoms with van der Waals surface area (Å²) in [5.41, 5.74) is 1.27. The molecule has 102 valence electrons. The van der Waals surface area contributed by atoms with Gasteiger partial charge in [0.15, 0.2) is 5.78 Å². The third-order valence-corrected chi connectivity index (χ3v) is 3.19. The van der Waals surface area contributed by atoms with Crippen LogP contribution in [-0.4, -0.2) is 38.9 Å². The van der Waals surface area contributed by atoms with Gasteiger partial charge in [0.25, 0.3) is 0 Å². The fraction of sp³-hybridized carbons (Fsp3) is 0.429. The molecule has 0 aromatic heterocycles. The lowest BCUT2D eigenvalue weighted by atomic mass is 10.1. The number of carbonyl (C=O) groups excluding carboxylic acids is 2. The van der Waals surface area contributed by atoms with E-state index in [1.165, 1.54) is 0 Å². The Morgan fingerprint density at radius 1 is 1.47 bits per heavy atom. The molecule has 1 aromatic carbocycles. The summed E-state index contributed by atoms with van der Waals surface area (Å²) in [5, 5.41) is 2.95. The Labute approximate surface area is 112 Å². The first-order chi connectivity index (χ1) is 9.13. The predicted molar refractivity (Wildman–Crippen MR) is 72.8 cm³/mol. The molecular formula is C14H18N2O3. The Hall–Kier alpha value is -1.88. The van der Waals surface area contributed by atoms with Gasteiger partial charge < -0.3 is 15.0 Å². The average molecular weight is 262 g/mol. The van der Waals surface area contributed by atoms with E-state index in [9.17, 15) is 9.59 Å². The highest BCUT2D eigenvalue weighted by atomic mass is 16.5. The molecule has 5 heteroatoms. The number of Topliss-reactive ketones (excluding diaryl/α,β-unsaturated/α-hetero) is 1. The zero-order valence-electron chi connectivity index (χ0n) is 11.2. The minimum Gasteiger partial charge on any atom is -0.491 e. The van der Waals surface area contributed by atoms with Crippen LogP contribution in [0.15, 0.2) is 18.2 Å². The van der Waals surface area contributed by atoms with Crippen LogP contribution in [0.25, 0.3) is 0 Å². The molecule has 0 radical (unpaired) electrons. The lowest BCUT2D eigenvalue weighted by Crippen LogP contribution is -2.25. The first-order valence-corrected chi connectivity index (χ1v) is 6.34. The van der Waals surface area contributed by atoms with Crippen molar-refractivity contribution in [3.63, 3.8) is 0 Å². The number of rotatable bonds is 4. The predicted octanol–water partition coefficient (Wildman–Crippen LogP) is 1.22. The summed E-state index contributed by atoms with van der Waals surface area (Å²) < 4.78 is 5.52. The fourth-order valence-electron chi connectivity index (χ4n) is 2.01. The monoisotopic (exact) mass is 262 g/mol. The van der Waals surface area contributed by atoms with Gasteiger partial charge in [0.2, 0.25) is 5.91 Å². The largest absolute Gasteiger partial charge is 0.491 e. The van der Waals surface area contributed by atoms with E-state index in [1.54, 1.807) is 30.1 Å². The number of benzene rings is 1. The normalized spacial score (nSPS) is 14.6. The number of nitrogens with zero attached hydrogens (tertiary/aromatic N) is 1. The maximum Gasteiger partial charge on any atom is 0.230 e. The van der Waals surface area contributed by atoms with Crippen LogP contribution in [0.1, 0.15) is 23.2 Å². The van der Waals surface area contributed by atoms with Crippen LogP contribution in [-0.2, 0) is 4.79 Å². The van der Waals surface area contributed by atoms with E-state index < -0.39 is 0 Å². The molecule has 0 fully saturated rings. The molecule has 0 unspecified atom stereocenters. The number of amides is 1. The summed E-state index contributed by atoms with van der Waals surface area (Å²) in [5.74, 6) is 0.708. The lowest BCUT2D eigenvalue weighted by Gasteiger charge is -2.17. The molecule has 0 spiro atoms. The van der Waals surface area contributed by atoms with E-state index in [4.69, 9.17) is 4.74 Å². The first kappa shape index (κ1) is 13.5. The van der Waals surface area contributed by atoms with Gasteiger partial charge in [-0.25, -0.2) is 0 Å². The van der Waals surface area contributed by atoms with Gasteiger partial charge in [0.1, 0.15) is 5.75 Å². The van der Waals surface area contributed by atoms with Crippen molar-refractivity contribution in [2.75, 3.05) is 32.1 Å². The van der Waals surface area contributed by atoms with E-state index in [-0.39, 0.29) is 11.7 Å². The van der Waals surface area contributed by atoms with Crippen LogP contribution < -0.4 is 15.0 Å². The van der Waals surface area contributed by atoms with Crippen molar-refractivity contribution >= 4 is 17.4 Å². The van der Waals surface area contributed by atoms with Gasteiger partial charge >= 0.3 is 0 Å². The van der Waals surface area contributed by atoms with Crippen LogP contribution in [0.5, 0.6) is 5.75 Å². The third-order valence-electron chi connectivity index (χ3n) is 3.19. The Bertz CT molecular complexity index is 499. The molecule has 1 aliphatic rings. The lowest BCUT2D eigenvalue weighted by molar-refractivity contribution is -0.118. The number of carbonyl (C=O) groups is 2. The van der Waals surface area contributed by atoms with Gasteiger partial charge in [-0.15, -0.1) is 0 Å². The zero-order valence-corrected chi connectivity index (χ0v) is 11.2. The number of ether oxygens (including phenoxy) is 1. The summed E-state index contributed by atoms with van der Waals surface area (Å²) in [4.78, 5) is 25.3. The minimum absolute atomic E-state index is 0.00132. The summed E-state index contributed by atoms with van der Waals surface area (Å²) >= 11 is 0. The first-order valence-electron chi connectivity index (χ1n) is 6.34. The minimum atomic E-state index is -0.00132. The third kappa shape index (κ3) is 2.93. The highest BCUT2D eigenvalue weighted by Crippen LogP contribution is 2.31. The van der Waals surface area contributed by atoms with Crippen molar-refractivity contribution in [2.24, 2.45) is 0 Å². The number of ketones is 1. The number of hydrogen-bond acceptors (Lipinski definition) is 4. The molecule has 19 heavy (non-hydrogen) atoms. The summed E-state index contributed by atoms with van der Waals surface area (Å²) in [7, 11) is 3.52. The molecule has 1 aliphatic heterocycles. The van der Waals surface area contributed by atoms with Crippen molar-refractivity contribution < 1.29 is 14.3 Å². The molecule has 2 rings (SSSR count). The Balaban J connectivity index is 2.28. The van der Waals surface area contributed by atoms with Gasteiger partial charge in [0, 0.05) is 25.6 Å². The van der Waals surface area contributed by atoms with E-state index in [1.807, 2.05) is 7.05 Å². The Kier molecular flexibility index (Phi) is 4.16. The van der Waals surface area contributed by atoms with Crippen LogP contribution >= 0.6 is 0 Å². The quantitative estimate of drug-likeness (QED) is 0.829. The van der Waals surface area contributed by atoms with E-state index in [0.29, 0.717) is 43.0 Å². The number of nitrogens with one attached hydrogen (secondary N) is 1. The standard InChI is InChI=1S/C14H18N2O3/c1-15-7-5-12(17)10-3-4-13-11(9-10)16(2)14(18)6-8-19-13/h3-4,9,15H,5-8H2,1-2H3. The molecule has 1 amide bonds. The van der Waals surface area contributed by atoms with Crippen molar-refractivity contribution in [3.05, 3.63) is 23.8 Å². The van der Waals surface area contributed by atoms with Gasteiger partial charge in [-0.3, -0.25) is 9.59 Å². The van der Waals surface area contributed by atoms with Crippen LogP contribution in [0.2, 0.25) is 0 Å². The SMILES string of the molecule is CNCCC(=O)c1ccc2c(c1)N(C)C(=O)CCO2. The van der Waals surface area contributed by atoms with Crippen molar-refractivity contribution in [3.8, 4) is 5.75 Å². The topological polar surface area (TPSA) is 58.6 Å². The van der Waals surface area contributed by atoms with E-state index in [0.717, 1.165) is 0 Å². The molecule has 1 aromatic rings. The van der Waals surface area contributed by atoms with Gasteiger partial charge in [-0.2, -0.15) is 0 Å². The van der Waals surface area contributed by atoms with Crippen LogP contribution in [0.4, 0.5) is 5.69 Å². The maximum atomic E-state index is 12.0. The molecule has 0 bridgehead atoms. The fourth-order valence-corrected chi connectivity index (χ4v) is 2.01. The highest BCUT2D eigenvalue weighted by molar-refractivity contribution is 6.00. The molecular weight excluding hydrogens is 244 g/mol. The smallest absolute Gasteiger partial charge is 0.230 e. The van der Waals surface area contributed by atoms with E-state index >= 15 is 0 Å². The van der Waals surface area contributed by atoms with Gasteiger partial charge in [0.05, 0.1) is 18.7 Å². The molecule has 5 nitrogen and oxygen atoms in total. The molecule has 0 aliphatic carbocycles. The maximum absolute atomic E-state index is 12.0. The second-order valence-electron chi connectivity index (χ2n) is 4.51. The Morgan fingerprint density at radius 2 is 2.26 bits per heavy atom. The summed E-state index contributed by atoms with van der Waals surface area (Å²) in [6.45, 7) is 1.02. The summed E-state index contributed by atoms with van der Waals surface area (Å²) in [6.07, 6.45) is 0.794. The molecule has 1 heterocycles. The number of hydrogen-bond donors (Lipinski definition) is 1. The van der Waals surface area contributed by atoms with Crippen molar-refractivity contribution in [1.82, 2.24) is 5.32 Å². The van der Waals surface area contributed by atoms with E-state index in [2.05, 4.69) is 5.32 Å². The van der Waals surface area contributed by atoms with Gasteiger partial charge in [-0.1, -0.05) is 0 Å². The summed E-state index contributed by atoms with van der Waals surface area (Å²) in [6, 6.07) is 5.24.